The highest BCUT2D eigenvalue weighted by molar-refractivity contribution is 14.1. The third-order valence-corrected chi connectivity index (χ3v) is 4.90. The third-order valence-electron chi connectivity index (χ3n) is 3.47. The second kappa shape index (κ2) is 6.02. The highest BCUT2D eigenvalue weighted by Gasteiger charge is 2.24. The molecule has 98 valence electrons. The molecular formula is C14H18INO2. The molecule has 4 heteroatoms. The van der Waals surface area contributed by atoms with Crippen LogP contribution in [-0.2, 0) is 4.74 Å². The monoisotopic (exact) mass is 359 g/mol. The fourth-order valence-corrected chi connectivity index (χ4v) is 2.78. The lowest BCUT2D eigenvalue weighted by atomic mass is 10.0. The number of ether oxygens (including phenoxy) is 1. The molecule has 0 radical (unpaired) electrons. The predicted octanol–water partition coefficient (Wildman–Crippen LogP) is 2.75. The normalized spacial score (nSPS) is 20.7. The van der Waals surface area contributed by atoms with Crippen LogP contribution in [0.5, 0.6) is 0 Å². The molecule has 2 atom stereocenters. The molecule has 1 saturated heterocycles. The number of carbonyl (C=O) groups excluding carboxylic acids is 1. The van der Waals surface area contributed by atoms with Gasteiger partial charge in [0.1, 0.15) is 0 Å². The van der Waals surface area contributed by atoms with Crippen molar-refractivity contribution in [2.45, 2.75) is 26.3 Å². The number of rotatable bonds is 3. The largest absolute Gasteiger partial charge is 0.381 e. The summed E-state index contributed by atoms with van der Waals surface area (Å²) in [5.41, 5.74) is 1.90. The molecule has 1 aromatic carbocycles. The molecule has 2 rings (SSSR count). The highest BCUT2D eigenvalue weighted by atomic mass is 127. The van der Waals surface area contributed by atoms with Crippen molar-refractivity contribution < 1.29 is 9.53 Å². The van der Waals surface area contributed by atoms with Crippen molar-refractivity contribution in [3.8, 4) is 0 Å². The molecule has 2 unspecified atom stereocenters. The van der Waals surface area contributed by atoms with Gasteiger partial charge < -0.3 is 10.1 Å². The summed E-state index contributed by atoms with van der Waals surface area (Å²) in [7, 11) is 0. The van der Waals surface area contributed by atoms with E-state index in [2.05, 4.69) is 34.8 Å². The van der Waals surface area contributed by atoms with E-state index in [1.807, 2.05) is 25.1 Å². The van der Waals surface area contributed by atoms with Crippen LogP contribution in [-0.4, -0.2) is 25.2 Å². The molecule has 0 aromatic heterocycles. The SMILES string of the molecule is Cc1cccc(C(=O)NC(C)C2CCOC2)c1I. The quantitative estimate of drug-likeness (QED) is 0.843. The minimum Gasteiger partial charge on any atom is -0.381 e. The van der Waals surface area contributed by atoms with Gasteiger partial charge in [-0.2, -0.15) is 0 Å². The van der Waals surface area contributed by atoms with Gasteiger partial charge in [0.15, 0.2) is 0 Å². The Morgan fingerprint density at radius 2 is 2.33 bits per heavy atom. The number of hydrogen-bond acceptors (Lipinski definition) is 2. The molecule has 1 aliphatic heterocycles. The van der Waals surface area contributed by atoms with Crippen molar-refractivity contribution in [3.63, 3.8) is 0 Å². The zero-order chi connectivity index (χ0) is 13.1. The van der Waals surface area contributed by atoms with Crippen LogP contribution >= 0.6 is 22.6 Å². The summed E-state index contributed by atoms with van der Waals surface area (Å²) >= 11 is 2.23. The minimum absolute atomic E-state index is 0.0162. The minimum atomic E-state index is 0.0162. The average Bonchev–Trinajstić information content (AvgIpc) is 2.86. The van der Waals surface area contributed by atoms with E-state index in [4.69, 9.17) is 4.74 Å². The van der Waals surface area contributed by atoms with E-state index in [1.165, 1.54) is 0 Å². The molecule has 1 N–H and O–H groups in total. The maximum Gasteiger partial charge on any atom is 0.252 e. The molecule has 0 spiro atoms. The van der Waals surface area contributed by atoms with Gasteiger partial charge in [-0.15, -0.1) is 0 Å². The van der Waals surface area contributed by atoms with Gasteiger partial charge >= 0.3 is 0 Å². The van der Waals surface area contributed by atoms with E-state index in [0.717, 1.165) is 34.3 Å². The number of nitrogens with one attached hydrogen (secondary N) is 1. The maximum atomic E-state index is 12.2. The molecule has 3 nitrogen and oxygen atoms in total. The van der Waals surface area contributed by atoms with Crippen molar-refractivity contribution in [1.82, 2.24) is 5.32 Å². The summed E-state index contributed by atoms with van der Waals surface area (Å²) in [6, 6.07) is 5.99. The van der Waals surface area contributed by atoms with Crippen molar-refractivity contribution >= 4 is 28.5 Å². The molecule has 1 fully saturated rings. The van der Waals surface area contributed by atoms with Gasteiger partial charge in [0.25, 0.3) is 5.91 Å². The number of halogens is 1. The molecular weight excluding hydrogens is 341 g/mol. The van der Waals surface area contributed by atoms with Gasteiger partial charge in [0.05, 0.1) is 12.2 Å². The zero-order valence-corrected chi connectivity index (χ0v) is 12.9. The molecule has 0 aliphatic carbocycles. The fourth-order valence-electron chi connectivity index (χ4n) is 2.17. The topological polar surface area (TPSA) is 38.3 Å². The van der Waals surface area contributed by atoms with Gasteiger partial charge in [0.2, 0.25) is 0 Å². The number of carbonyl (C=O) groups is 1. The van der Waals surface area contributed by atoms with Gasteiger partial charge in [-0.3, -0.25) is 4.79 Å². The van der Waals surface area contributed by atoms with Crippen LogP contribution in [0, 0.1) is 16.4 Å². The molecule has 1 heterocycles. The van der Waals surface area contributed by atoms with E-state index in [1.54, 1.807) is 0 Å². The molecule has 1 amide bonds. The summed E-state index contributed by atoms with van der Waals surface area (Å²) in [6.45, 7) is 5.64. The Bertz CT molecular complexity index is 441. The van der Waals surface area contributed by atoms with Crippen LogP contribution in [0.3, 0.4) is 0 Å². The molecule has 0 bridgehead atoms. The van der Waals surface area contributed by atoms with E-state index in [0.29, 0.717) is 5.92 Å². The van der Waals surface area contributed by atoms with Gasteiger partial charge in [0, 0.05) is 22.1 Å². The second-order valence-electron chi connectivity index (χ2n) is 4.82. The molecule has 0 saturated carbocycles. The summed E-state index contributed by atoms with van der Waals surface area (Å²) in [6.07, 6.45) is 1.03. The second-order valence-corrected chi connectivity index (χ2v) is 5.90. The smallest absolute Gasteiger partial charge is 0.252 e. The van der Waals surface area contributed by atoms with Crippen LogP contribution in [0.2, 0.25) is 0 Å². The Morgan fingerprint density at radius 1 is 1.56 bits per heavy atom. The molecule has 1 aromatic rings. The molecule has 18 heavy (non-hydrogen) atoms. The van der Waals surface area contributed by atoms with Crippen LogP contribution in [0.15, 0.2) is 18.2 Å². The van der Waals surface area contributed by atoms with Crippen molar-refractivity contribution in [2.75, 3.05) is 13.2 Å². The first-order valence-electron chi connectivity index (χ1n) is 6.23. The number of hydrogen-bond donors (Lipinski definition) is 1. The first kappa shape index (κ1) is 13.8. The Morgan fingerprint density at radius 3 is 3.00 bits per heavy atom. The number of amides is 1. The Balaban J connectivity index is 2.05. The lowest BCUT2D eigenvalue weighted by molar-refractivity contribution is 0.0921. The van der Waals surface area contributed by atoms with Gasteiger partial charge in [-0.25, -0.2) is 0 Å². The standard InChI is InChI=1S/C14H18INO2/c1-9-4-3-5-12(13(9)15)14(17)16-10(2)11-6-7-18-8-11/h3-5,10-11H,6-8H2,1-2H3,(H,16,17). The van der Waals surface area contributed by atoms with Crippen molar-refractivity contribution in [1.29, 1.82) is 0 Å². The van der Waals surface area contributed by atoms with E-state index in [-0.39, 0.29) is 11.9 Å². The van der Waals surface area contributed by atoms with E-state index in [9.17, 15) is 4.79 Å². The Kier molecular flexibility index (Phi) is 4.61. The number of benzene rings is 1. The van der Waals surface area contributed by atoms with Crippen LogP contribution in [0.25, 0.3) is 0 Å². The van der Waals surface area contributed by atoms with Crippen molar-refractivity contribution in [2.24, 2.45) is 5.92 Å². The predicted molar refractivity (Wildman–Crippen MR) is 79.8 cm³/mol. The summed E-state index contributed by atoms with van der Waals surface area (Å²) < 4.78 is 6.39. The Labute approximate surface area is 121 Å². The Hall–Kier alpha value is -0.620. The van der Waals surface area contributed by atoms with E-state index < -0.39 is 0 Å². The van der Waals surface area contributed by atoms with Gasteiger partial charge in [-0.05, 0) is 54.5 Å². The van der Waals surface area contributed by atoms with E-state index >= 15 is 0 Å². The van der Waals surface area contributed by atoms with Gasteiger partial charge in [-0.1, -0.05) is 12.1 Å². The molecule has 1 aliphatic rings. The maximum absolute atomic E-state index is 12.2. The van der Waals surface area contributed by atoms with Crippen molar-refractivity contribution in [3.05, 3.63) is 32.9 Å². The van der Waals surface area contributed by atoms with Crippen LogP contribution in [0.4, 0.5) is 0 Å². The lowest BCUT2D eigenvalue weighted by Gasteiger charge is -2.19. The third kappa shape index (κ3) is 3.03. The van der Waals surface area contributed by atoms with Crippen LogP contribution in [0.1, 0.15) is 29.3 Å². The highest BCUT2D eigenvalue weighted by Crippen LogP contribution is 2.19. The summed E-state index contributed by atoms with van der Waals surface area (Å²) in [4.78, 5) is 12.2. The fraction of sp³-hybridized carbons (Fsp3) is 0.500. The average molecular weight is 359 g/mol. The summed E-state index contributed by atoms with van der Waals surface area (Å²) in [5, 5.41) is 3.08. The first-order valence-corrected chi connectivity index (χ1v) is 7.31. The first-order chi connectivity index (χ1) is 8.59. The summed E-state index contributed by atoms with van der Waals surface area (Å²) in [5.74, 6) is 0.457. The zero-order valence-electron chi connectivity index (χ0n) is 10.7. The number of aryl methyl sites for hydroxylation is 1. The van der Waals surface area contributed by atoms with Crippen LogP contribution < -0.4 is 5.32 Å². The lowest BCUT2D eigenvalue weighted by Crippen LogP contribution is -2.38.